The summed E-state index contributed by atoms with van der Waals surface area (Å²) in [5, 5.41) is 13.2. The van der Waals surface area contributed by atoms with Gasteiger partial charge in [0.2, 0.25) is 0 Å². The van der Waals surface area contributed by atoms with Crippen LogP contribution >= 0.6 is 0 Å². The third-order valence-electron chi connectivity index (χ3n) is 5.78. The topological polar surface area (TPSA) is 75.9 Å². The van der Waals surface area contributed by atoms with Crippen molar-refractivity contribution in [2.75, 3.05) is 5.32 Å². The average molecular weight is 464 g/mol. The Kier molecular flexibility index (Phi) is 6.44. The molecule has 0 amide bonds. The van der Waals surface area contributed by atoms with Gasteiger partial charge in [-0.15, -0.1) is 0 Å². The van der Waals surface area contributed by atoms with Gasteiger partial charge in [-0.1, -0.05) is 66.7 Å². The van der Waals surface area contributed by atoms with Crippen molar-refractivity contribution < 1.29 is 14.6 Å². The summed E-state index contributed by atoms with van der Waals surface area (Å²) in [5.74, 6) is 0.399. The van der Waals surface area contributed by atoms with E-state index in [2.05, 4.69) is 17.4 Å². The Labute approximate surface area is 203 Å². The molecule has 5 aromatic rings. The van der Waals surface area contributed by atoms with E-state index in [9.17, 15) is 9.90 Å². The number of aromatic nitrogens is 2. The number of hydrogen-bond acceptors (Lipinski definition) is 4. The zero-order valence-corrected chi connectivity index (χ0v) is 19.0. The van der Waals surface area contributed by atoms with Gasteiger partial charge in [0.25, 0.3) is 0 Å². The van der Waals surface area contributed by atoms with E-state index >= 15 is 0 Å². The van der Waals surface area contributed by atoms with Gasteiger partial charge in [0, 0.05) is 24.7 Å². The van der Waals surface area contributed by atoms with Gasteiger partial charge < -0.3 is 15.2 Å². The van der Waals surface area contributed by atoms with Gasteiger partial charge >= 0.3 is 5.97 Å². The second kappa shape index (κ2) is 10.1. The summed E-state index contributed by atoms with van der Waals surface area (Å²) in [6.07, 6.45) is 1.30. The fraction of sp³-hybridized carbons (Fsp3) is 0.103. The number of carboxylic acids is 1. The number of fused-ring (bicyclic) bond motifs is 1. The van der Waals surface area contributed by atoms with E-state index in [1.54, 1.807) is 12.1 Å². The van der Waals surface area contributed by atoms with Gasteiger partial charge in [0.1, 0.15) is 22.9 Å². The lowest BCUT2D eigenvalue weighted by molar-refractivity contribution is -0.145. The number of aliphatic carboxylic acids is 1. The van der Waals surface area contributed by atoms with Crippen LogP contribution in [0, 0.1) is 0 Å². The maximum Gasteiger partial charge on any atom is 0.345 e. The van der Waals surface area contributed by atoms with Crippen molar-refractivity contribution in [1.82, 2.24) is 9.38 Å². The first kappa shape index (κ1) is 22.2. The molecule has 1 atom stereocenters. The second-order valence-electron chi connectivity index (χ2n) is 8.24. The van der Waals surface area contributed by atoms with Crippen LogP contribution < -0.4 is 10.1 Å². The predicted octanol–water partition coefficient (Wildman–Crippen LogP) is 5.69. The minimum Gasteiger partial charge on any atom is -0.478 e. The molecule has 2 aromatic heterocycles. The predicted molar refractivity (Wildman–Crippen MR) is 137 cm³/mol. The lowest BCUT2D eigenvalue weighted by atomic mass is 10.1. The molecule has 6 nitrogen and oxygen atoms in total. The number of imidazole rings is 1. The minimum atomic E-state index is -0.995. The van der Waals surface area contributed by atoms with Crippen molar-refractivity contribution >= 4 is 17.4 Å². The Bertz CT molecular complexity index is 1410. The zero-order valence-electron chi connectivity index (χ0n) is 19.0. The van der Waals surface area contributed by atoms with Crippen LogP contribution in [-0.2, 0) is 17.8 Å². The minimum absolute atomic E-state index is 0.290. The molecule has 5 rings (SSSR count). The number of benzene rings is 3. The third-order valence-corrected chi connectivity index (χ3v) is 5.78. The Morgan fingerprint density at radius 2 is 1.51 bits per heavy atom. The molecular formula is C29H25N3O3. The molecule has 0 radical (unpaired) electrons. The van der Waals surface area contributed by atoms with Gasteiger partial charge in [-0.25, -0.2) is 9.78 Å². The number of carboxylic acid groups (broad SMARTS) is 1. The van der Waals surface area contributed by atoms with Crippen molar-refractivity contribution in [3.63, 3.8) is 0 Å². The van der Waals surface area contributed by atoms with E-state index in [0.717, 1.165) is 28.3 Å². The van der Waals surface area contributed by atoms with Crippen LogP contribution in [0.2, 0.25) is 0 Å². The second-order valence-corrected chi connectivity index (χ2v) is 8.24. The number of rotatable bonds is 9. The molecule has 0 aliphatic rings. The molecule has 0 aliphatic carbocycles. The fourth-order valence-electron chi connectivity index (χ4n) is 4.01. The van der Waals surface area contributed by atoms with Crippen LogP contribution in [-0.4, -0.2) is 26.6 Å². The van der Waals surface area contributed by atoms with Crippen molar-refractivity contribution in [3.05, 3.63) is 120 Å². The van der Waals surface area contributed by atoms with Crippen molar-refractivity contribution in [1.29, 1.82) is 0 Å². The molecule has 0 fully saturated rings. The number of ether oxygens (including phenoxy) is 1. The molecule has 6 heteroatoms. The van der Waals surface area contributed by atoms with E-state index in [1.807, 2.05) is 89.5 Å². The van der Waals surface area contributed by atoms with Gasteiger partial charge in [-0.3, -0.25) is 4.40 Å². The molecule has 0 bridgehead atoms. The number of nitrogens with zero attached hydrogens (tertiary/aromatic N) is 2. The molecule has 0 saturated heterocycles. The summed E-state index contributed by atoms with van der Waals surface area (Å²) < 4.78 is 7.86. The summed E-state index contributed by atoms with van der Waals surface area (Å²) in [6, 6.07) is 33.0. The SMILES string of the molecule is O=C(O)C(Cc1ccccc1)Oc1ccc(-c2nc3ccccn3c2NCc2ccccc2)cc1. The molecule has 0 saturated carbocycles. The van der Waals surface area contributed by atoms with E-state index < -0.39 is 12.1 Å². The first-order valence-corrected chi connectivity index (χ1v) is 11.5. The van der Waals surface area contributed by atoms with Crippen molar-refractivity contribution in [3.8, 4) is 17.0 Å². The highest BCUT2D eigenvalue weighted by atomic mass is 16.5. The van der Waals surface area contributed by atoms with Crippen LogP contribution in [0.1, 0.15) is 11.1 Å². The van der Waals surface area contributed by atoms with Crippen molar-refractivity contribution in [2.24, 2.45) is 0 Å². The normalized spacial score (nSPS) is 11.8. The smallest absolute Gasteiger partial charge is 0.345 e. The molecular weight excluding hydrogens is 438 g/mol. The standard InChI is InChI=1S/C29H25N3O3/c33-29(34)25(19-21-9-3-1-4-10-21)35-24-16-14-23(15-17-24)27-28(30-20-22-11-5-2-6-12-22)32-18-8-7-13-26(32)31-27/h1-18,25,30H,19-20H2,(H,33,34). The first-order valence-electron chi connectivity index (χ1n) is 11.5. The summed E-state index contributed by atoms with van der Waals surface area (Å²) in [6.45, 7) is 0.664. The highest BCUT2D eigenvalue weighted by Crippen LogP contribution is 2.30. The summed E-state index contributed by atoms with van der Waals surface area (Å²) in [5.41, 5.74) is 4.65. The fourth-order valence-corrected chi connectivity index (χ4v) is 4.01. The Balaban J connectivity index is 1.39. The first-order chi connectivity index (χ1) is 17.2. The lowest BCUT2D eigenvalue weighted by Gasteiger charge is -2.15. The Morgan fingerprint density at radius 3 is 2.20 bits per heavy atom. The Hall–Kier alpha value is -4.58. The third kappa shape index (κ3) is 5.17. The van der Waals surface area contributed by atoms with Crippen LogP contribution in [0.4, 0.5) is 5.82 Å². The molecule has 1 unspecified atom stereocenters. The molecule has 2 N–H and O–H groups in total. The molecule has 2 heterocycles. The maximum absolute atomic E-state index is 11.8. The molecule has 174 valence electrons. The summed E-state index contributed by atoms with van der Waals surface area (Å²) in [4.78, 5) is 16.6. The number of carbonyl (C=O) groups is 1. The monoisotopic (exact) mass is 463 g/mol. The quantitative estimate of drug-likeness (QED) is 0.294. The highest BCUT2D eigenvalue weighted by molar-refractivity contribution is 5.77. The largest absolute Gasteiger partial charge is 0.478 e. The van der Waals surface area contributed by atoms with Crippen LogP contribution in [0.5, 0.6) is 5.75 Å². The van der Waals surface area contributed by atoms with E-state index in [4.69, 9.17) is 9.72 Å². The summed E-state index contributed by atoms with van der Waals surface area (Å²) >= 11 is 0. The molecule has 0 aliphatic heterocycles. The van der Waals surface area contributed by atoms with Crippen molar-refractivity contribution in [2.45, 2.75) is 19.1 Å². The van der Waals surface area contributed by atoms with Crippen LogP contribution in [0.15, 0.2) is 109 Å². The zero-order chi connectivity index (χ0) is 24.0. The van der Waals surface area contributed by atoms with Gasteiger partial charge in [0.05, 0.1) is 0 Å². The maximum atomic E-state index is 11.8. The van der Waals surface area contributed by atoms with Crippen LogP contribution in [0.25, 0.3) is 16.9 Å². The average Bonchev–Trinajstić information content (AvgIpc) is 3.27. The van der Waals surface area contributed by atoms with Gasteiger partial charge in [-0.05, 0) is 47.5 Å². The van der Waals surface area contributed by atoms with E-state index in [-0.39, 0.29) is 6.42 Å². The highest BCUT2D eigenvalue weighted by Gasteiger charge is 2.20. The van der Waals surface area contributed by atoms with Crippen LogP contribution in [0.3, 0.4) is 0 Å². The molecule has 35 heavy (non-hydrogen) atoms. The van der Waals surface area contributed by atoms with Gasteiger partial charge in [0.15, 0.2) is 6.10 Å². The Morgan fingerprint density at radius 1 is 0.857 bits per heavy atom. The van der Waals surface area contributed by atoms with E-state index in [1.165, 1.54) is 5.56 Å². The van der Waals surface area contributed by atoms with E-state index in [0.29, 0.717) is 12.3 Å². The number of hydrogen-bond donors (Lipinski definition) is 2. The summed E-state index contributed by atoms with van der Waals surface area (Å²) in [7, 11) is 0. The van der Waals surface area contributed by atoms with Gasteiger partial charge in [-0.2, -0.15) is 0 Å². The number of nitrogens with one attached hydrogen (secondary N) is 1. The number of pyridine rings is 1. The number of anilines is 1. The lowest BCUT2D eigenvalue weighted by Crippen LogP contribution is -2.29. The molecule has 3 aromatic carbocycles. The molecule has 0 spiro atoms.